The van der Waals surface area contributed by atoms with Gasteiger partial charge in [0.25, 0.3) is 0 Å². The molecule has 8 heteroatoms. The Balaban J connectivity index is 2.24. The second-order valence-corrected chi connectivity index (χ2v) is 7.79. The van der Waals surface area contributed by atoms with Crippen molar-refractivity contribution in [2.75, 3.05) is 0 Å². The molecule has 0 bridgehead atoms. The highest BCUT2D eigenvalue weighted by atomic mass is 32.2. The van der Waals surface area contributed by atoms with Gasteiger partial charge in [-0.1, -0.05) is 0 Å². The molecular weight excluding hydrogens is 308 g/mol. The molecule has 3 N–H and O–H groups in total. The third-order valence-corrected chi connectivity index (χ3v) is 5.77. The maximum Gasteiger partial charge on any atom is 0.242 e. The minimum Gasteiger partial charge on any atom is -0.349 e. The number of hydrogen-bond acceptors (Lipinski definition) is 5. The van der Waals surface area contributed by atoms with E-state index in [4.69, 9.17) is 5.73 Å². The lowest BCUT2D eigenvalue weighted by atomic mass is 10.4. The van der Waals surface area contributed by atoms with Gasteiger partial charge in [0.2, 0.25) is 10.0 Å². The highest BCUT2D eigenvalue weighted by Gasteiger charge is 2.22. The van der Waals surface area contributed by atoms with Crippen molar-refractivity contribution in [2.24, 2.45) is 5.73 Å². The summed E-state index contributed by atoms with van der Waals surface area (Å²) in [5.41, 5.74) is 6.43. The summed E-state index contributed by atoms with van der Waals surface area (Å²) in [5, 5.41) is 0.755. The molecule has 116 valence electrons. The largest absolute Gasteiger partial charge is 0.349 e. The zero-order valence-corrected chi connectivity index (χ0v) is 14.0. The first-order valence-corrected chi connectivity index (χ1v) is 9.01. The number of sulfonamides is 1. The Morgan fingerprint density at radius 2 is 2.24 bits per heavy atom. The van der Waals surface area contributed by atoms with Crippen molar-refractivity contribution in [1.29, 1.82) is 0 Å². The minimum absolute atomic E-state index is 0.241. The number of hydrogen-bond donors (Lipinski definition) is 2. The molecule has 0 aliphatic rings. The monoisotopic (exact) mass is 328 g/mol. The Bertz CT molecular complexity index is 697. The van der Waals surface area contributed by atoms with Crippen molar-refractivity contribution >= 4 is 21.4 Å². The van der Waals surface area contributed by atoms with Crippen LogP contribution in [0.15, 0.2) is 23.4 Å². The molecule has 0 aromatic carbocycles. The molecule has 1 atom stereocenters. The van der Waals surface area contributed by atoms with E-state index in [0.29, 0.717) is 13.1 Å². The minimum atomic E-state index is -3.58. The fraction of sp³-hybridized carbons (Fsp3) is 0.462. The highest BCUT2D eigenvalue weighted by molar-refractivity contribution is 7.89. The summed E-state index contributed by atoms with van der Waals surface area (Å²) >= 11 is 1.49. The van der Waals surface area contributed by atoms with Crippen LogP contribution in [-0.2, 0) is 23.1 Å². The van der Waals surface area contributed by atoms with Crippen LogP contribution in [0.3, 0.4) is 0 Å². The van der Waals surface area contributed by atoms with Gasteiger partial charge in [0.1, 0.15) is 5.01 Å². The van der Waals surface area contributed by atoms with Crippen LogP contribution in [0.1, 0.15) is 35.5 Å². The van der Waals surface area contributed by atoms with Crippen molar-refractivity contribution < 1.29 is 8.42 Å². The quantitative estimate of drug-likeness (QED) is 0.845. The van der Waals surface area contributed by atoms with Crippen LogP contribution in [0.4, 0.5) is 0 Å². The molecule has 2 heterocycles. The summed E-state index contributed by atoms with van der Waals surface area (Å²) < 4.78 is 29.4. The lowest BCUT2D eigenvalue weighted by Gasteiger charge is -2.10. The van der Waals surface area contributed by atoms with Crippen LogP contribution in [0, 0.1) is 6.92 Å². The van der Waals surface area contributed by atoms with Crippen LogP contribution < -0.4 is 10.5 Å². The molecule has 21 heavy (non-hydrogen) atoms. The van der Waals surface area contributed by atoms with Crippen LogP contribution >= 0.6 is 11.3 Å². The molecule has 0 fully saturated rings. The first-order chi connectivity index (χ1) is 9.87. The van der Waals surface area contributed by atoms with Gasteiger partial charge in [-0.15, -0.1) is 11.3 Å². The van der Waals surface area contributed by atoms with Crippen molar-refractivity contribution in [3.63, 3.8) is 0 Å². The second-order valence-electron chi connectivity index (χ2n) is 4.81. The standard InChI is InChI=1S/C13H20N4O2S2/c1-4-17-8-12(5-11(17)6-14)21(18,19)16-10(3)13-15-7-9(2)20-13/h5,7-8,10,16H,4,6,14H2,1-3H3. The van der Waals surface area contributed by atoms with E-state index in [-0.39, 0.29) is 10.9 Å². The number of aromatic nitrogens is 2. The third kappa shape index (κ3) is 3.52. The van der Waals surface area contributed by atoms with E-state index in [9.17, 15) is 8.42 Å². The number of nitrogens with zero attached hydrogens (tertiary/aromatic N) is 2. The summed E-state index contributed by atoms with van der Waals surface area (Å²) in [6.07, 6.45) is 3.36. The van der Waals surface area contributed by atoms with E-state index < -0.39 is 10.0 Å². The molecule has 2 aromatic rings. The predicted molar refractivity (Wildman–Crippen MR) is 83.6 cm³/mol. The average molecular weight is 328 g/mol. The van der Waals surface area contributed by atoms with E-state index >= 15 is 0 Å². The summed E-state index contributed by atoms with van der Waals surface area (Å²) in [7, 11) is -3.58. The first kappa shape index (κ1) is 16.2. The maximum atomic E-state index is 12.4. The van der Waals surface area contributed by atoms with Crippen molar-refractivity contribution in [2.45, 2.75) is 44.8 Å². The van der Waals surface area contributed by atoms with E-state index in [1.807, 2.05) is 18.4 Å². The molecule has 0 aliphatic heterocycles. The molecule has 0 amide bonds. The second kappa shape index (κ2) is 6.27. The molecule has 0 aliphatic carbocycles. The van der Waals surface area contributed by atoms with Crippen LogP contribution in [0.2, 0.25) is 0 Å². The summed E-state index contributed by atoms with van der Waals surface area (Å²) in [5.74, 6) is 0. The number of aryl methyl sites for hydroxylation is 2. The van der Waals surface area contributed by atoms with Gasteiger partial charge in [0.15, 0.2) is 0 Å². The van der Waals surface area contributed by atoms with E-state index in [0.717, 1.165) is 15.6 Å². The van der Waals surface area contributed by atoms with Gasteiger partial charge in [-0.2, -0.15) is 0 Å². The van der Waals surface area contributed by atoms with Gasteiger partial charge in [0.05, 0.1) is 10.9 Å². The fourth-order valence-corrected chi connectivity index (χ4v) is 4.18. The molecule has 0 radical (unpaired) electrons. The molecule has 0 spiro atoms. The van der Waals surface area contributed by atoms with Gasteiger partial charge in [-0.25, -0.2) is 18.1 Å². The Hall–Kier alpha value is -1.22. The van der Waals surface area contributed by atoms with Gasteiger partial charge in [-0.3, -0.25) is 0 Å². The van der Waals surface area contributed by atoms with Gasteiger partial charge in [-0.05, 0) is 26.8 Å². The lowest BCUT2D eigenvalue weighted by Crippen LogP contribution is -2.26. The van der Waals surface area contributed by atoms with Gasteiger partial charge < -0.3 is 10.3 Å². The average Bonchev–Trinajstić information content (AvgIpc) is 3.03. The Kier molecular flexibility index (Phi) is 4.82. The molecule has 2 aromatic heterocycles. The normalized spacial score (nSPS) is 13.5. The number of nitrogens with one attached hydrogen (secondary N) is 1. The summed E-state index contributed by atoms with van der Waals surface area (Å²) in [4.78, 5) is 5.51. The van der Waals surface area contributed by atoms with Gasteiger partial charge in [0, 0.05) is 36.1 Å². The summed E-state index contributed by atoms with van der Waals surface area (Å²) in [6.45, 7) is 6.67. The third-order valence-electron chi connectivity index (χ3n) is 3.16. The Morgan fingerprint density at radius 1 is 1.52 bits per heavy atom. The van der Waals surface area contributed by atoms with Crippen LogP contribution in [0.25, 0.3) is 0 Å². The number of thiazole rings is 1. The molecule has 0 saturated carbocycles. The van der Waals surface area contributed by atoms with E-state index in [1.54, 1.807) is 25.4 Å². The fourth-order valence-electron chi connectivity index (χ4n) is 2.06. The molecule has 0 saturated heterocycles. The molecular formula is C13H20N4O2S2. The smallest absolute Gasteiger partial charge is 0.242 e. The van der Waals surface area contributed by atoms with Crippen LogP contribution in [0.5, 0.6) is 0 Å². The Labute approximate surface area is 129 Å². The van der Waals surface area contributed by atoms with Gasteiger partial charge >= 0.3 is 0 Å². The Morgan fingerprint density at radius 3 is 2.71 bits per heavy atom. The molecule has 1 unspecified atom stereocenters. The number of nitrogens with two attached hydrogens (primary N) is 1. The van der Waals surface area contributed by atoms with Crippen molar-refractivity contribution in [3.05, 3.63) is 34.0 Å². The zero-order chi connectivity index (χ0) is 15.6. The topological polar surface area (TPSA) is 90.0 Å². The predicted octanol–water partition coefficient (Wildman–Crippen LogP) is 1.77. The first-order valence-electron chi connectivity index (χ1n) is 6.71. The number of rotatable bonds is 6. The van der Waals surface area contributed by atoms with Crippen LogP contribution in [-0.4, -0.2) is 18.0 Å². The van der Waals surface area contributed by atoms with E-state index in [2.05, 4.69) is 9.71 Å². The SMILES string of the molecule is CCn1cc(S(=O)(=O)NC(C)c2ncc(C)s2)cc1CN. The molecule has 6 nitrogen and oxygen atoms in total. The van der Waals surface area contributed by atoms with Crippen molar-refractivity contribution in [3.8, 4) is 0 Å². The van der Waals surface area contributed by atoms with Crippen molar-refractivity contribution in [1.82, 2.24) is 14.3 Å². The summed E-state index contributed by atoms with van der Waals surface area (Å²) in [6, 6.07) is 1.26. The lowest BCUT2D eigenvalue weighted by molar-refractivity contribution is 0.566. The highest BCUT2D eigenvalue weighted by Crippen LogP contribution is 2.22. The zero-order valence-electron chi connectivity index (χ0n) is 12.3. The maximum absolute atomic E-state index is 12.4. The molecule has 2 rings (SSSR count). The van der Waals surface area contributed by atoms with E-state index in [1.165, 1.54) is 11.3 Å².